The monoisotopic (exact) mass is 258 g/mol. The van der Waals surface area contributed by atoms with Gasteiger partial charge in [0.1, 0.15) is 30.8 Å². The van der Waals surface area contributed by atoms with Crippen LogP contribution in [0.15, 0.2) is 36.4 Å². The van der Waals surface area contributed by atoms with Gasteiger partial charge in [0.25, 0.3) is 0 Å². The summed E-state index contributed by atoms with van der Waals surface area (Å²) >= 11 is 0. The number of benzene rings is 2. The highest BCUT2D eigenvalue weighted by atomic mass is 16.8. The van der Waals surface area contributed by atoms with E-state index in [1.807, 2.05) is 30.3 Å². The molecule has 0 aliphatic carbocycles. The van der Waals surface area contributed by atoms with Crippen molar-refractivity contribution >= 4 is 10.8 Å². The van der Waals surface area contributed by atoms with Crippen LogP contribution >= 0.6 is 0 Å². The summed E-state index contributed by atoms with van der Waals surface area (Å²) in [4.78, 5) is 0. The van der Waals surface area contributed by atoms with Gasteiger partial charge in [0.15, 0.2) is 0 Å². The van der Waals surface area contributed by atoms with Gasteiger partial charge in [-0.1, -0.05) is 18.2 Å². The van der Waals surface area contributed by atoms with Gasteiger partial charge in [0, 0.05) is 5.39 Å². The predicted octanol–water partition coefficient (Wildman–Crippen LogP) is 2.35. The first kappa shape index (κ1) is 11.1. The molecule has 0 aromatic heterocycles. The zero-order valence-corrected chi connectivity index (χ0v) is 10.4. The maximum Gasteiger partial charge on any atom is 0.223 e. The predicted molar refractivity (Wildman–Crippen MR) is 69.6 cm³/mol. The Morgan fingerprint density at radius 2 is 2.00 bits per heavy atom. The van der Waals surface area contributed by atoms with Crippen molar-refractivity contribution in [2.75, 3.05) is 19.8 Å². The van der Waals surface area contributed by atoms with E-state index in [9.17, 15) is 0 Å². The van der Waals surface area contributed by atoms with Crippen molar-refractivity contribution in [3.63, 3.8) is 0 Å². The average Bonchev–Trinajstić information content (AvgIpc) is 3.31. The molecule has 2 unspecified atom stereocenters. The summed E-state index contributed by atoms with van der Waals surface area (Å²) < 4.78 is 21.7. The molecule has 2 heterocycles. The second-order valence-electron chi connectivity index (χ2n) is 4.79. The molecule has 0 amide bonds. The van der Waals surface area contributed by atoms with Crippen LogP contribution in [0.2, 0.25) is 0 Å². The molecule has 2 aliphatic rings. The van der Waals surface area contributed by atoms with E-state index < -0.39 is 0 Å². The third-order valence-corrected chi connectivity index (χ3v) is 3.21. The molecule has 2 aliphatic heterocycles. The first-order valence-corrected chi connectivity index (χ1v) is 6.44. The quantitative estimate of drug-likeness (QED) is 0.772. The highest BCUT2D eigenvalue weighted by Crippen LogP contribution is 2.31. The third-order valence-electron chi connectivity index (χ3n) is 3.21. The molecule has 0 bridgehead atoms. The molecular weight excluding hydrogens is 244 g/mol. The van der Waals surface area contributed by atoms with Gasteiger partial charge >= 0.3 is 0 Å². The maximum absolute atomic E-state index is 5.81. The first-order chi connectivity index (χ1) is 9.38. The summed E-state index contributed by atoms with van der Waals surface area (Å²) in [6.07, 6.45) is 0.181. The Labute approximate surface area is 110 Å². The van der Waals surface area contributed by atoms with E-state index in [4.69, 9.17) is 18.9 Å². The number of hydrogen-bond donors (Lipinski definition) is 0. The molecule has 2 saturated heterocycles. The zero-order valence-electron chi connectivity index (χ0n) is 10.4. The molecule has 2 atom stereocenters. The van der Waals surface area contributed by atoms with Gasteiger partial charge in [-0.3, -0.25) is 0 Å². The summed E-state index contributed by atoms with van der Waals surface area (Å²) in [6, 6.07) is 12.0. The lowest BCUT2D eigenvalue weighted by molar-refractivity contribution is 0.179. The Morgan fingerprint density at radius 1 is 1.11 bits per heavy atom. The van der Waals surface area contributed by atoms with Crippen LogP contribution in [0.25, 0.3) is 10.8 Å². The van der Waals surface area contributed by atoms with E-state index in [-0.39, 0.29) is 12.4 Å². The Morgan fingerprint density at radius 3 is 2.79 bits per heavy atom. The number of ether oxygens (including phenoxy) is 4. The lowest BCUT2D eigenvalue weighted by atomic mass is 10.1. The molecular formula is C15H14O4. The summed E-state index contributed by atoms with van der Waals surface area (Å²) in [5.74, 6) is 1.68. The van der Waals surface area contributed by atoms with Crippen LogP contribution in [-0.4, -0.2) is 32.2 Å². The topological polar surface area (TPSA) is 43.5 Å². The minimum atomic E-state index is -0.0783. The van der Waals surface area contributed by atoms with Crippen LogP contribution in [0, 0.1) is 0 Å². The van der Waals surface area contributed by atoms with Crippen LogP contribution in [0.5, 0.6) is 11.5 Å². The molecule has 2 aromatic rings. The van der Waals surface area contributed by atoms with Crippen LogP contribution in [0.1, 0.15) is 0 Å². The summed E-state index contributed by atoms with van der Waals surface area (Å²) in [7, 11) is 0. The lowest BCUT2D eigenvalue weighted by Crippen LogP contribution is -2.04. The molecule has 2 fully saturated rings. The SMILES string of the molecule is c1cc(OCC2CO2)c2cc(OC3CO3)ccc2c1. The number of rotatable bonds is 5. The molecule has 0 radical (unpaired) electrons. The standard InChI is InChI=1S/C15H14O4/c1-2-10-4-5-11(19-15-9-18-15)6-13(10)14(3-1)17-8-12-7-16-12/h1-6,12,15H,7-9H2. The number of hydrogen-bond acceptors (Lipinski definition) is 4. The van der Waals surface area contributed by atoms with Gasteiger partial charge in [-0.15, -0.1) is 0 Å². The van der Waals surface area contributed by atoms with Gasteiger partial charge in [-0.05, 0) is 23.6 Å². The number of epoxide rings is 2. The largest absolute Gasteiger partial charge is 0.490 e. The van der Waals surface area contributed by atoms with Crippen LogP contribution in [0.3, 0.4) is 0 Å². The minimum Gasteiger partial charge on any atom is -0.490 e. The molecule has 4 heteroatoms. The second kappa shape index (κ2) is 4.40. The molecule has 0 N–H and O–H groups in total. The molecule has 0 spiro atoms. The summed E-state index contributed by atoms with van der Waals surface area (Å²) in [5, 5.41) is 2.19. The normalized spacial score (nSPS) is 24.2. The average molecular weight is 258 g/mol. The van der Waals surface area contributed by atoms with Gasteiger partial charge in [0.2, 0.25) is 6.29 Å². The Balaban J connectivity index is 1.64. The van der Waals surface area contributed by atoms with E-state index in [1.165, 1.54) is 0 Å². The fourth-order valence-corrected chi connectivity index (χ4v) is 2.03. The van der Waals surface area contributed by atoms with E-state index in [2.05, 4.69) is 6.07 Å². The van der Waals surface area contributed by atoms with Crippen molar-refractivity contribution in [3.8, 4) is 11.5 Å². The number of fused-ring (bicyclic) bond motifs is 1. The molecule has 0 saturated carbocycles. The summed E-state index contributed by atoms with van der Waals surface area (Å²) in [6.45, 7) is 2.09. The minimum absolute atomic E-state index is 0.0783. The van der Waals surface area contributed by atoms with Crippen molar-refractivity contribution in [1.82, 2.24) is 0 Å². The first-order valence-electron chi connectivity index (χ1n) is 6.44. The van der Waals surface area contributed by atoms with E-state index in [0.717, 1.165) is 28.9 Å². The van der Waals surface area contributed by atoms with Crippen molar-refractivity contribution in [1.29, 1.82) is 0 Å². The highest BCUT2D eigenvalue weighted by Gasteiger charge is 2.25. The zero-order chi connectivity index (χ0) is 12.7. The smallest absolute Gasteiger partial charge is 0.223 e. The second-order valence-corrected chi connectivity index (χ2v) is 4.79. The van der Waals surface area contributed by atoms with Crippen molar-refractivity contribution in [3.05, 3.63) is 36.4 Å². The summed E-state index contributed by atoms with van der Waals surface area (Å²) in [5.41, 5.74) is 0. The molecule has 2 aromatic carbocycles. The highest BCUT2D eigenvalue weighted by molar-refractivity contribution is 5.89. The molecule has 4 rings (SSSR count). The van der Waals surface area contributed by atoms with E-state index >= 15 is 0 Å². The Kier molecular flexibility index (Phi) is 2.57. The van der Waals surface area contributed by atoms with Crippen LogP contribution in [0.4, 0.5) is 0 Å². The molecule has 4 nitrogen and oxygen atoms in total. The van der Waals surface area contributed by atoms with Gasteiger partial charge in [-0.25, -0.2) is 0 Å². The van der Waals surface area contributed by atoms with Gasteiger partial charge in [0.05, 0.1) is 6.61 Å². The van der Waals surface area contributed by atoms with Gasteiger partial charge in [-0.2, -0.15) is 0 Å². The molecule has 19 heavy (non-hydrogen) atoms. The maximum atomic E-state index is 5.81. The van der Waals surface area contributed by atoms with Gasteiger partial charge < -0.3 is 18.9 Å². The van der Waals surface area contributed by atoms with Crippen LogP contribution < -0.4 is 9.47 Å². The Hall–Kier alpha value is -1.78. The van der Waals surface area contributed by atoms with Crippen LogP contribution in [-0.2, 0) is 9.47 Å². The third kappa shape index (κ3) is 2.50. The van der Waals surface area contributed by atoms with Crippen molar-refractivity contribution in [2.24, 2.45) is 0 Å². The van der Waals surface area contributed by atoms with Crippen molar-refractivity contribution < 1.29 is 18.9 Å². The lowest BCUT2D eigenvalue weighted by Gasteiger charge is -2.10. The Bertz CT molecular complexity index is 602. The van der Waals surface area contributed by atoms with E-state index in [1.54, 1.807) is 0 Å². The van der Waals surface area contributed by atoms with Crippen molar-refractivity contribution in [2.45, 2.75) is 12.4 Å². The fourth-order valence-electron chi connectivity index (χ4n) is 2.03. The molecule has 98 valence electrons. The van der Waals surface area contributed by atoms with E-state index in [0.29, 0.717) is 13.2 Å². The fraction of sp³-hybridized carbons (Fsp3) is 0.333.